The number of amides is 1. The van der Waals surface area contributed by atoms with E-state index in [2.05, 4.69) is 0 Å². The van der Waals surface area contributed by atoms with Gasteiger partial charge < -0.3 is 19.6 Å². The molecule has 1 amide bonds. The van der Waals surface area contributed by atoms with Crippen molar-refractivity contribution in [1.29, 1.82) is 0 Å². The second-order valence-corrected chi connectivity index (χ2v) is 8.09. The first-order chi connectivity index (χ1) is 15.3. The van der Waals surface area contributed by atoms with Gasteiger partial charge in [-0.15, -0.1) is 0 Å². The summed E-state index contributed by atoms with van der Waals surface area (Å²) in [5, 5.41) is 11.0. The normalized spacial score (nSPS) is 17.9. The highest BCUT2D eigenvalue weighted by Crippen LogP contribution is 2.40. The molecule has 2 aromatic carbocycles. The fourth-order valence-corrected chi connectivity index (χ4v) is 3.92. The predicted octanol–water partition coefficient (Wildman–Crippen LogP) is 3.77. The number of aliphatic hydroxyl groups is 1. The average molecular weight is 441 g/mol. The van der Waals surface area contributed by atoms with Gasteiger partial charge in [-0.3, -0.25) is 9.59 Å². The number of ketones is 1. The monoisotopic (exact) mass is 440 g/mol. The third kappa shape index (κ3) is 4.67. The second-order valence-electron chi connectivity index (χ2n) is 8.09. The number of likely N-dealkylation sites (tertiary alicyclic amines) is 1. The number of aliphatic hydroxyl groups excluding tert-OH is 1. The smallest absolute Gasteiger partial charge is 0.295 e. The van der Waals surface area contributed by atoms with E-state index in [1.54, 1.807) is 0 Å². The predicted molar refractivity (Wildman–Crippen MR) is 121 cm³/mol. The zero-order chi connectivity index (χ0) is 23.4. The van der Waals surface area contributed by atoms with Gasteiger partial charge in [-0.1, -0.05) is 31.2 Å². The Hall–Kier alpha value is -3.19. The Morgan fingerprint density at radius 2 is 1.84 bits per heavy atom. The molecule has 0 radical (unpaired) electrons. The largest absolute Gasteiger partial charge is 0.507 e. The molecule has 1 aliphatic rings. The van der Waals surface area contributed by atoms with E-state index in [1.165, 1.54) is 24.1 Å². The number of rotatable bonds is 8. The topological polar surface area (TPSA) is 70.1 Å². The maximum Gasteiger partial charge on any atom is 0.295 e. The molecule has 1 heterocycles. The molecule has 0 aromatic heterocycles. The summed E-state index contributed by atoms with van der Waals surface area (Å²) in [6.45, 7) is 3.14. The van der Waals surface area contributed by atoms with Crippen molar-refractivity contribution in [2.24, 2.45) is 0 Å². The van der Waals surface area contributed by atoms with Crippen molar-refractivity contribution < 1.29 is 23.8 Å². The summed E-state index contributed by atoms with van der Waals surface area (Å²) in [6.07, 6.45) is 1.52. The van der Waals surface area contributed by atoms with Gasteiger partial charge in [-0.2, -0.15) is 0 Å². The number of Topliss-reactive ketones (excluding diaryl/α,β-unsaturated/α-hetero) is 1. The molecule has 0 saturated carbocycles. The maximum absolute atomic E-state index is 14.3. The third-order valence-corrected chi connectivity index (χ3v) is 5.67. The minimum absolute atomic E-state index is 0.0254. The van der Waals surface area contributed by atoms with Crippen molar-refractivity contribution in [3.8, 4) is 5.75 Å². The van der Waals surface area contributed by atoms with Gasteiger partial charge in [0.25, 0.3) is 11.7 Å². The molecule has 1 atom stereocenters. The lowest BCUT2D eigenvalue weighted by molar-refractivity contribution is -0.139. The average Bonchev–Trinajstić information content (AvgIpc) is 3.03. The molecule has 170 valence electrons. The highest BCUT2D eigenvalue weighted by atomic mass is 19.1. The number of carbonyl (C=O) groups is 2. The number of aryl methyl sites for hydroxylation is 1. The second kappa shape index (κ2) is 9.96. The molecule has 32 heavy (non-hydrogen) atoms. The van der Waals surface area contributed by atoms with Gasteiger partial charge in [0.05, 0.1) is 18.7 Å². The van der Waals surface area contributed by atoms with Crippen molar-refractivity contribution >= 4 is 17.4 Å². The molecule has 0 bridgehead atoms. The lowest BCUT2D eigenvalue weighted by atomic mass is 9.94. The van der Waals surface area contributed by atoms with Gasteiger partial charge in [0.2, 0.25) is 0 Å². The number of halogens is 1. The van der Waals surface area contributed by atoms with Gasteiger partial charge in [0.1, 0.15) is 5.76 Å². The molecule has 2 aromatic rings. The molecule has 7 heteroatoms. The van der Waals surface area contributed by atoms with Crippen LogP contribution < -0.4 is 4.74 Å². The van der Waals surface area contributed by atoms with Gasteiger partial charge in [-0.05, 0) is 62.8 Å². The van der Waals surface area contributed by atoms with E-state index in [4.69, 9.17) is 4.74 Å². The lowest BCUT2D eigenvalue weighted by Crippen LogP contribution is -2.32. The number of carbonyl (C=O) groups excluding carboxylic acids is 2. The van der Waals surface area contributed by atoms with E-state index in [9.17, 15) is 19.1 Å². The van der Waals surface area contributed by atoms with E-state index in [-0.39, 0.29) is 16.9 Å². The summed E-state index contributed by atoms with van der Waals surface area (Å²) < 4.78 is 19.2. The lowest BCUT2D eigenvalue weighted by Gasteiger charge is -2.26. The fourth-order valence-electron chi connectivity index (χ4n) is 3.92. The van der Waals surface area contributed by atoms with Crippen LogP contribution >= 0.6 is 0 Å². The van der Waals surface area contributed by atoms with Crippen LogP contribution in [-0.2, 0) is 16.0 Å². The Morgan fingerprint density at radius 3 is 2.41 bits per heavy atom. The van der Waals surface area contributed by atoms with E-state index < -0.39 is 29.3 Å². The molecule has 1 N–H and O–H groups in total. The van der Waals surface area contributed by atoms with Gasteiger partial charge in [-0.25, -0.2) is 4.39 Å². The first-order valence-corrected chi connectivity index (χ1v) is 10.6. The van der Waals surface area contributed by atoms with Gasteiger partial charge in [0.15, 0.2) is 11.6 Å². The van der Waals surface area contributed by atoms with Crippen molar-refractivity contribution in [3.05, 3.63) is 70.5 Å². The van der Waals surface area contributed by atoms with Crippen LogP contribution in [0.5, 0.6) is 5.75 Å². The number of hydrogen-bond donors (Lipinski definition) is 1. The highest BCUT2D eigenvalue weighted by Gasteiger charge is 2.45. The Balaban J connectivity index is 2.10. The number of methoxy groups -OCH3 is 1. The zero-order valence-electron chi connectivity index (χ0n) is 18.9. The SMILES string of the molecule is CCc1ccc([C@H]2C(=C(O)c3ccc(OC)c(F)c3)C(=O)C(=O)N2CCCN(C)C)cc1. The number of ether oxygens (including phenoxy) is 1. The molecular formula is C25H29FN2O4. The fraction of sp³-hybridized carbons (Fsp3) is 0.360. The van der Waals surface area contributed by atoms with E-state index >= 15 is 0 Å². The molecular weight excluding hydrogens is 411 g/mol. The first-order valence-electron chi connectivity index (χ1n) is 10.6. The quantitative estimate of drug-likeness (QED) is 0.384. The molecule has 1 saturated heterocycles. The standard InChI is InChI=1S/C25H29FN2O4/c1-5-16-7-9-17(10-8-16)22-21(23(29)18-11-12-20(32-4)19(26)15-18)24(30)25(31)28(22)14-6-13-27(2)3/h7-12,15,22,29H,5-6,13-14H2,1-4H3/t22-/m0/s1. The van der Waals surface area contributed by atoms with Crippen LogP contribution in [-0.4, -0.2) is 60.9 Å². The summed E-state index contributed by atoms with van der Waals surface area (Å²) in [7, 11) is 5.22. The summed E-state index contributed by atoms with van der Waals surface area (Å²) >= 11 is 0. The van der Waals surface area contributed by atoms with Crippen LogP contribution in [0.25, 0.3) is 5.76 Å². The third-order valence-electron chi connectivity index (χ3n) is 5.67. The van der Waals surface area contributed by atoms with Crippen LogP contribution in [0.3, 0.4) is 0 Å². The van der Waals surface area contributed by atoms with Crippen LogP contribution in [0, 0.1) is 5.82 Å². The molecule has 6 nitrogen and oxygen atoms in total. The van der Waals surface area contributed by atoms with Crippen molar-refractivity contribution in [2.45, 2.75) is 25.8 Å². The van der Waals surface area contributed by atoms with E-state index in [1.807, 2.05) is 50.2 Å². The van der Waals surface area contributed by atoms with Crippen LogP contribution in [0.15, 0.2) is 48.0 Å². The Bertz CT molecular complexity index is 1030. The van der Waals surface area contributed by atoms with Crippen molar-refractivity contribution in [2.75, 3.05) is 34.3 Å². The summed E-state index contributed by atoms with van der Waals surface area (Å²) in [4.78, 5) is 29.4. The van der Waals surface area contributed by atoms with Crippen LogP contribution in [0.4, 0.5) is 4.39 Å². The highest BCUT2D eigenvalue weighted by molar-refractivity contribution is 6.46. The molecule has 0 aliphatic carbocycles. The minimum Gasteiger partial charge on any atom is -0.507 e. The Kier molecular flexibility index (Phi) is 7.30. The zero-order valence-corrected chi connectivity index (χ0v) is 18.9. The summed E-state index contributed by atoms with van der Waals surface area (Å²) in [5.41, 5.74) is 1.93. The molecule has 1 fully saturated rings. The van der Waals surface area contributed by atoms with Gasteiger partial charge >= 0.3 is 0 Å². The summed E-state index contributed by atoms with van der Waals surface area (Å²) in [5.74, 6) is -2.47. The Morgan fingerprint density at radius 1 is 1.16 bits per heavy atom. The number of nitrogens with zero attached hydrogens (tertiary/aromatic N) is 2. The Labute approximate surface area is 187 Å². The van der Waals surface area contributed by atoms with Gasteiger partial charge in [0, 0.05) is 12.1 Å². The summed E-state index contributed by atoms with van der Waals surface area (Å²) in [6, 6.07) is 10.8. The first kappa shape index (κ1) is 23.5. The number of hydrogen-bond acceptors (Lipinski definition) is 5. The number of benzene rings is 2. The van der Waals surface area contributed by atoms with E-state index in [0.29, 0.717) is 13.0 Å². The van der Waals surface area contributed by atoms with Crippen molar-refractivity contribution in [1.82, 2.24) is 9.80 Å². The molecule has 0 unspecified atom stereocenters. The molecule has 0 spiro atoms. The van der Waals surface area contributed by atoms with Crippen LogP contribution in [0.1, 0.15) is 36.1 Å². The minimum atomic E-state index is -0.770. The maximum atomic E-state index is 14.3. The molecule has 3 rings (SSSR count). The van der Waals surface area contributed by atoms with Crippen molar-refractivity contribution in [3.63, 3.8) is 0 Å². The van der Waals surface area contributed by atoms with Crippen LogP contribution in [0.2, 0.25) is 0 Å². The van der Waals surface area contributed by atoms with E-state index in [0.717, 1.165) is 30.2 Å². The molecule has 1 aliphatic heterocycles.